The molecule has 1 heteroatoms. The molecule has 0 saturated heterocycles. The van der Waals surface area contributed by atoms with Crippen LogP contribution in [0.4, 0.5) is 0 Å². The Balaban J connectivity index is 2.13. The van der Waals surface area contributed by atoms with E-state index >= 15 is 0 Å². The minimum Gasteiger partial charge on any atom is -0.0708 e. The number of rotatable bonds is 0. The first-order chi connectivity index (χ1) is 9.43. The van der Waals surface area contributed by atoms with Crippen molar-refractivity contribution in [2.45, 2.75) is 0 Å². The predicted octanol–water partition coefficient (Wildman–Crippen LogP) is 2.72. The molecule has 3 aromatic rings. The minimum atomic E-state index is 1.01. The van der Waals surface area contributed by atoms with Crippen molar-refractivity contribution >= 4 is 18.2 Å². The molecular weight excluding hydrogens is 227 g/mol. The second-order valence-electron chi connectivity index (χ2n) is 5.04. The first-order valence-corrected chi connectivity index (χ1v) is 6.69. The second-order valence-corrected chi connectivity index (χ2v) is 5.04. The third-order valence-electron chi connectivity index (χ3n) is 3.92. The van der Waals surface area contributed by atoms with Crippen LogP contribution in [-0.4, -0.2) is 7.28 Å². The van der Waals surface area contributed by atoms with Crippen LogP contribution in [0.25, 0.3) is 22.3 Å². The summed E-state index contributed by atoms with van der Waals surface area (Å²) in [6.45, 7) is 0. The van der Waals surface area contributed by atoms with Crippen LogP contribution in [0.2, 0.25) is 0 Å². The lowest BCUT2D eigenvalue weighted by Gasteiger charge is -2.10. The topological polar surface area (TPSA) is 0 Å². The van der Waals surface area contributed by atoms with E-state index in [2.05, 4.69) is 72.8 Å². The third kappa shape index (κ3) is 1.62. The predicted molar refractivity (Wildman–Crippen MR) is 83.7 cm³/mol. The summed E-state index contributed by atoms with van der Waals surface area (Å²) in [4.78, 5) is 0. The van der Waals surface area contributed by atoms with E-state index in [1.54, 1.807) is 0 Å². The fourth-order valence-corrected chi connectivity index (χ4v) is 3.03. The van der Waals surface area contributed by atoms with Gasteiger partial charge in [-0.05, 0) is 22.3 Å². The molecule has 1 aliphatic heterocycles. The van der Waals surface area contributed by atoms with Crippen LogP contribution in [0.5, 0.6) is 0 Å². The minimum absolute atomic E-state index is 1.01. The average Bonchev–Trinajstić information content (AvgIpc) is 2.62. The molecule has 0 saturated carbocycles. The molecule has 0 nitrogen and oxygen atoms in total. The molecule has 19 heavy (non-hydrogen) atoms. The Bertz CT molecular complexity index is 694. The quantitative estimate of drug-likeness (QED) is 0.414. The molecule has 0 unspecified atom stereocenters. The highest BCUT2D eigenvalue weighted by Crippen LogP contribution is 2.31. The molecule has 0 N–H and O–H groups in total. The fourth-order valence-electron chi connectivity index (χ4n) is 3.03. The number of benzene rings is 3. The van der Waals surface area contributed by atoms with Crippen molar-refractivity contribution < 1.29 is 0 Å². The smallest absolute Gasteiger partial charge is 0.0708 e. The van der Waals surface area contributed by atoms with Gasteiger partial charge in [-0.2, -0.15) is 0 Å². The molecule has 4 rings (SSSR count). The Morgan fingerprint density at radius 1 is 0.421 bits per heavy atom. The van der Waals surface area contributed by atoms with Gasteiger partial charge in [0.2, 0.25) is 0 Å². The van der Waals surface area contributed by atoms with Crippen molar-refractivity contribution in [2.24, 2.45) is 0 Å². The molecule has 0 fully saturated rings. The van der Waals surface area contributed by atoms with Crippen LogP contribution in [0.3, 0.4) is 0 Å². The van der Waals surface area contributed by atoms with Gasteiger partial charge in [-0.3, -0.25) is 0 Å². The van der Waals surface area contributed by atoms with Gasteiger partial charge >= 0.3 is 0 Å². The lowest BCUT2D eigenvalue weighted by Crippen LogP contribution is -2.28. The zero-order valence-electron chi connectivity index (χ0n) is 10.6. The largest absolute Gasteiger partial charge is 0.193 e. The highest BCUT2D eigenvalue weighted by atomic mass is 14.1. The zero-order valence-corrected chi connectivity index (χ0v) is 10.6. The van der Waals surface area contributed by atoms with E-state index < -0.39 is 0 Å². The summed E-state index contributed by atoms with van der Waals surface area (Å²) in [5.74, 6) is 0. The lowest BCUT2D eigenvalue weighted by atomic mass is 9.62. The van der Waals surface area contributed by atoms with Gasteiger partial charge in [0.15, 0.2) is 7.28 Å². The monoisotopic (exact) mass is 240 g/mol. The van der Waals surface area contributed by atoms with Gasteiger partial charge < -0.3 is 0 Å². The van der Waals surface area contributed by atoms with Gasteiger partial charge in [-0.15, -0.1) is 0 Å². The van der Waals surface area contributed by atoms with Crippen molar-refractivity contribution in [1.82, 2.24) is 0 Å². The first kappa shape index (κ1) is 10.6. The SMILES string of the molecule is B1c2ccccc2-c2ccccc2-c2ccccc21. The van der Waals surface area contributed by atoms with Crippen molar-refractivity contribution in [3.8, 4) is 22.3 Å². The Morgan fingerprint density at radius 3 is 1.26 bits per heavy atom. The van der Waals surface area contributed by atoms with Crippen LogP contribution >= 0.6 is 0 Å². The molecule has 3 aromatic carbocycles. The standard InChI is InChI=1S/C18H13B/c1-2-8-14-13(7-1)15-9-3-5-11-17(15)19-18-12-6-4-10-16(14)18/h1-12,19H. The second kappa shape index (κ2) is 4.13. The van der Waals surface area contributed by atoms with E-state index in [0.717, 1.165) is 7.28 Å². The summed E-state index contributed by atoms with van der Waals surface area (Å²) >= 11 is 0. The van der Waals surface area contributed by atoms with Crippen LogP contribution in [0.1, 0.15) is 0 Å². The normalized spacial score (nSPS) is 11.6. The van der Waals surface area contributed by atoms with Gasteiger partial charge in [0.1, 0.15) is 0 Å². The summed E-state index contributed by atoms with van der Waals surface area (Å²) in [6, 6.07) is 26.2. The van der Waals surface area contributed by atoms with Gasteiger partial charge in [-0.25, -0.2) is 0 Å². The van der Waals surface area contributed by atoms with Gasteiger partial charge in [-0.1, -0.05) is 83.7 Å². The van der Waals surface area contributed by atoms with Crippen LogP contribution in [0.15, 0.2) is 72.8 Å². The summed E-state index contributed by atoms with van der Waals surface area (Å²) in [5, 5.41) is 0. The summed E-state index contributed by atoms with van der Waals surface area (Å²) in [5.41, 5.74) is 8.27. The number of hydrogen-bond donors (Lipinski definition) is 0. The van der Waals surface area contributed by atoms with Crippen molar-refractivity contribution in [2.75, 3.05) is 0 Å². The molecule has 0 amide bonds. The van der Waals surface area contributed by atoms with Crippen molar-refractivity contribution in [1.29, 1.82) is 0 Å². The Hall–Kier alpha value is -2.28. The third-order valence-corrected chi connectivity index (χ3v) is 3.92. The summed E-state index contributed by atoms with van der Waals surface area (Å²) in [7, 11) is 1.01. The number of hydrogen-bond acceptors (Lipinski definition) is 0. The van der Waals surface area contributed by atoms with E-state index in [0.29, 0.717) is 0 Å². The maximum Gasteiger partial charge on any atom is 0.193 e. The van der Waals surface area contributed by atoms with E-state index in [4.69, 9.17) is 0 Å². The van der Waals surface area contributed by atoms with E-state index in [1.807, 2.05) is 0 Å². The van der Waals surface area contributed by atoms with Crippen molar-refractivity contribution in [3.63, 3.8) is 0 Å². The molecule has 0 bridgehead atoms. The molecule has 0 aliphatic carbocycles. The molecule has 0 atom stereocenters. The average molecular weight is 240 g/mol. The Labute approximate surface area is 114 Å². The van der Waals surface area contributed by atoms with Gasteiger partial charge in [0.05, 0.1) is 0 Å². The van der Waals surface area contributed by atoms with E-state index in [1.165, 1.54) is 33.2 Å². The maximum atomic E-state index is 2.24. The molecule has 0 radical (unpaired) electrons. The molecule has 1 heterocycles. The first-order valence-electron chi connectivity index (χ1n) is 6.69. The molecular formula is C18H13B. The molecule has 0 spiro atoms. The highest BCUT2D eigenvalue weighted by molar-refractivity contribution is 6.70. The maximum absolute atomic E-state index is 2.24. The Morgan fingerprint density at radius 2 is 0.789 bits per heavy atom. The Kier molecular flexibility index (Phi) is 2.31. The zero-order chi connectivity index (χ0) is 12.7. The van der Waals surface area contributed by atoms with Gasteiger partial charge in [0.25, 0.3) is 0 Å². The van der Waals surface area contributed by atoms with E-state index in [-0.39, 0.29) is 0 Å². The van der Waals surface area contributed by atoms with Crippen LogP contribution < -0.4 is 10.9 Å². The number of fused-ring (bicyclic) bond motifs is 5. The molecule has 88 valence electrons. The van der Waals surface area contributed by atoms with Crippen molar-refractivity contribution in [3.05, 3.63) is 72.8 Å². The lowest BCUT2D eigenvalue weighted by molar-refractivity contribution is 1.62. The van der Waals surface area contributed by atoms with Crippen LogP contribution in [-0.2, 0) is 0 Å². The van der Waals surface area contributed by atoms with Crippen LogP contribution in [0, 0.1) is 0 Å². The summed E-state index contributed by atoms with van der Waals surface area (Å²) < 4.78 is 0. The highest BCUT2D eigenvalue weighted by Gasteiger charge is 2.18. The molecule has 1 aliphatic rings. The van der Waals surface area contributed by atoms with E-state index in [9.17, 15) is 0 Å². The fraction of sp³-hybridized carbons (Fsp3) is 0. The molecule has 0 aromatic heterocycles. The summed E-state index contributed by atoms with van der Waals surface area (Å²) in [6.07, 6.45) is 0. The van der Waals surface area contributed by atoms with Gasteiger partial charge in [0, 0.05) is 0 Å².